The summed E-state index contributed by atoms with van der Waals surface area (Å²) in [5.41, 5.74) is 6.01. The second-order valence-corrected chi connectivity index (χ2v) is 6.76. The van der Waals surface area contributed by atoms with Gasteiger partial charge >= 0.3 is 12.6 Å². The molecule has 3 N–H and O–H groups in total. The molecule has 1 aliphatic rings. The standard InChI is InChI=1S/C19H27F2N3O3/c20-18(21)27-16-9-7-15(8-10-16)23-12-13-24(19(22)26)17(25)11-6-14-4-2-1-3-5-14/h7-10,14,18,23H,1-6,11-13H2,(H2,22,26). The van der Waals surface area contributed by atoms with Crippen molar-refractivity contribution in [2.45, 2.75) is 51.6 Å². The lowest BCUT2D eigenvalue weighted by Gasteiger charge is -2.23. The van der Waals surface area contributed by atoms with Crippen LogP contribution in [0, 0.1) is 5.92 Å². The number of carbonyl (C=O) groups excluding carboxylic acids is 2. The van der Waals surface area contributed by atoms with Gasteiger partial charge < -0.3 is 15.8 Å². The summed E-state index contributed by atoms with van der Waals surface area (Å²) in [6.07, 6.45) is 7.11. The number of alkyl halides is 2. The van der Waals surface area contributed by atoms with Gasteiger partial charge in [-0.05, 0) is 36.6 Å². The van der Waals surface area contributed by atoms with Crippen LogP contribution < -0.4 is 15.8 Å². The number of benzene rings is 1. The molecule has 0 heterocycles. The van der Waals surface area contributed by atoms with Gasteiger partial charge in [0.1, 0.15) is 5.75 Å². The molecule has 1 aromatic rings. The number of primary amides is 1. The van der Waals surface area contributed by atoms with Crippen molar-refractivity contribution in [3.8, 4) is 5.75 Å². The Morgan fingerprint density at radius 3 is 2.44 bits per heavy atom. The number of ether oxygens (including phenoxy) is 1. The van der Waals surface area contributed by atoms with Gasteiger partial charge in [-0.1, -0.05) is 32.1 Å². The van der Waals surface area contributed by atoms with Gasteiger partial charge in [0.05, 0.1) is 0 Å². The van der Waals surface area contributed by atoms with E-state index in [9.17, 15) is 18.4 Å². The fraction of sp³-hybridized carbons (Fsp3) is 0.579. The number of amides is 3. The average Bonchev–Trinajstić information content (AvgIpc) is 2.64. The zero-order valence-electron chi connectivity index (χ0n) is 15.3. The molecular weight excluding hydrogens is 356 g/mol. The minimum atomic E-state index is -2.87. The third-order valence-corrected chi connectivity index (χ3v) is 4.80. The lowest BCUT2D eigenvalue weighted by molar-refractivity contribution is -0.128. The van der Waals surface area contributed by atoms with E-state index in [0.29, 0.717) is 24.6 Å². The van der Waals surface area contributed by atoms with Gasteiger partial charge in [-0.2, -0.15) is 8.78 Å². The molecule has 0 unspecified atom stereocenters. The van der Waals surface area contributed by atoms with Crippen molar-refractivity contribution in [1.29, 1.82) is 0 Å². The van der Waals surface area contributed by atoms with Crippen molar-refractivity contribution in [2.75, 3.05) is 18.4 Å². The number of rotatable bonds is 9. The highest BCUT2D eigenvalue weighted by atomic mass is 19.3. The predicted molar refractivity (Wildman–Crippen MR) is 98.7 cm³/mol. The van der Waals surface area contributed by atoms with E-state index in [0.717, 1.165) is 24.2 Å². The van der Waals surface area contributed by atoms with Crippen LogP contribution in [0.2, 0.25) is 0 Å². The molecule has 0 aliphatic heterocycles. The first kappa shape index (κ1) is 20.9. The van der Waals surface area contributed by atoms with Crippen LogP contribution >= 0.6 is 0 Å². The molecule has 1 fully saturated rings. The van der Waals surface area contributed by atoms with E-state index in [2.05, 4.69) is 10.1 Å². The molecule has 8 heteroatoms. The van der Waals surface area contributed by atoms with Gasteiger partial charge in [0.25, 0.3) is 0 Å². The SMILES string of the molecule is NC(=O)N(CCNc1ccc(OC(F)F)cc1)C(=O)CCC1CCCCC1. The zero-order chi connectivity index (χ0) is 19.6. The third kappa shape index (κ3) is 7.40. The summed E-state index contributed by atoms with van der Waals surface area (Å²) < 4.78 is 28.5. The van der Waals surface area contributed by atoms with E-state index in [-0.39, 0.29) is 18.2 Å². The molecule has 2 rings (SSSR count). The van der Waals surface area contributed by atoms with Crippen LogP contribution in [-0.4, -0.2) is 36.5 Å². The monoisotopic (exact) mass is 383 g/mol. The second kappa shape index (κ2) is 10.7. The molecule has 0 bridgehead atoms. The maximum Gasteiger partial charge on any atom is 0.387 e. The number of imide groups is 1. The quantitative estimate of drug-likeness (QED) is 0.676. The Morgan fingerprint density at radius 2 is 1.85 bits per heavy atom. The number of nitrogens with zero attached hydrogens (tertiary/aromatic N) is 1. The Labute approximate surface area is 158 Å². The van der Waals surface area contributed by atoms with Gasteiger partial charge in [0.15, 0.2) is 0 Å². The molecule has 27 heavy (non-hydrogen) atoms. The van der Waals surface area contributed by atoms with E-state index in [1.807, 2.05) is 0 Å². The number of nitrogens with one attached hydrogen (secondary N) is 1. The maximum absolute atomic E-state index is 12.3. The molecule has 0 aromatic heterocycles. The van der Waals surface area contributed by atoms with E-state index in [4.69, 9.17) is 5.73 Å². The molecule has 1 saturated carbocycles. The number of carbonyl (C=O) groups is 2. The fourth-order valence-corrected chi connectivity index (χ4v) is 3.36. The topological polar surface area (TPSA) is 84.7 Å². The molecule has 150 valence electrons. The van der Waals surface area contributed by atoms with E-state index < -0.39 is 12.6 Å². The molecule has 0 spiro atoms. The average molecular weight is 383 g/mol. The number of urea groups is 1. The Bertz CT molecular complexity index is 605. The van der Waals surface area contributed by atoms with Gasteiger partial charge in [0, 0.05) is 25.2 Å². The molecule has 6 nitrogen and oxygen atoms in total. The lowest BCUT2D eigenvalue weighted by atomic mass is 9.86. The van der Waals surface area contributed by atoms with Gasteiger partial charge in [-0.3, -0.25) is 9.69 Å². The van der Waals surface area contributed by atoms with Crippen molar-refractivity contribution in [3.05, 3.63) is 24.3 Å². The molecule has 1 aliphatic carbocycles. The van der Waals surface area contributed by atoms with Crippen LogP contribution in [0.1, 0.15) is 44.9 Å². The van der Waals surface area contributed by atoms with Gasteiger partial charge in [-0.15, -0.1) is 0 Å². The summed E-state index contributed by atoms with van der Waals surface area (Å²) in [7, 11) is 0. The molecule has 0 radical (unpaired) electrons. The highest BCUT2D eigenvalue weighted by molar-refractivity contribution is 5.93. The fourth-order valence-electron chi connectivity index (χ4n) is 3.36. The lowest BCUT2D eigenvalue weighted by Crippen LogP contribution is -2.43. The minimum Gasteiger partial charge on any atom is -0.435 e. The predicted octanol–water partition coefficient (Wildman–Crippen LogP) is 3.97. The Balaban J connectivity index is 1.76. The summed E-state index contributed by atoms with van der Waals surface area (Å²) in [6.45, 7) is -2.41. The van der Waals surface area contributed by atoms with E-state index >= 15 is 0 Å². The summed E-state index contributed by atoms with van der Waals surface area (Å²) in [5.74, 6) is 0.368. The number of nitrogens with two attached hydrogens (primary N) is 1. The summed E-state index contributed by atoms with van der Waals surface area (Å²) in [6, 6.07) is 5.23. The normalized spacial score (nSPS) is 14.8. The first-order valence-corrected chi connectivity index (χ1v) is 9.34. The Morgan fingerprint density at radius 1 is 1.19 bits per heavy atom. The highest BCUT2D eigenvalue weighted by Gasteiger charge is 2.21. The van der Waals surface area contributed by atoms with E-state index in [1.54, 1.807) is 12.1 Å². The van der Waals surface area contributed by atoms with Crippen molar-refractivity contribution < 1.29 is 23.1 Å². The first-order valence-electron chi connectivity index (χ1n) is 9.34. The number of halogens is 2. The van der Waals surface area contributed by atoms with Gasteiger partial charge in [-0.25, -0.2) is 4.79 Å². The molecule has 0 saturated heterocycles. The van der Waals surface area contributed by atoms with Crippen LogP contribution in [0.4, 0.5) is 19.3 Å². The molecular formula is C19H27F2N3O3. The molecule has 1 aromatic carbocycles. The third-order valence-electron chi connectivity index (χ3n) is 4.80. The smallest absolute Gasteiger partial charge is 0.387 e. The van der Waals surface area contributed by atoms with Crippen LogP contribution in [0.15, 0.2) is 24.3 Å². The van der Waals surface area contributed by atoms with Crippen molar-refractivity contribution in [3.63, 3.8) is 0 Å². The molecule has 3 amide bonds. The summed E-state index contributed by atoms with van der Waals surface area (Å²) in [4.78, 5) is 25.0. The van der Waals surface area contributed by atoms with Crippen LogP contribution in [0.3, 0.4) is 0 Å². The highest BCUT2D eigenvalue weighted by Crippen LogP contribution is 2.27. The number of anilines is 1. The number of hydrogen-bond acceptors (Lipinski definition) is 4. The summed E-state index contributed by atoms with van der Waals surface area (Å²) >= 11 is 0. The van der Waals surface area contributed by atoms with Gasteiger partial charge in [0.2, 0.25) is 5.91 Å². The van der Waals surface area contributed by atoms with Crippen LogP contribution in [-0.2, 0) is 4.79 Å². The second-order valence-electron chi connectivity index (χ2n) is 6.76. The van der Waals surface area contributed by atoms with Crippen molar-refractivity contribution in [2.24, 2.45) is 11.7 Å². The minimum absolute atomic E-state index is 0.0622. The van der Waals surface area contributed by atoms with Crippen molar-refractivity contribution >= 4 is 17.6 Å². The summed E-state index contributed by atoms with van der Waals surface area (Å²) in [5, 5.41) is 3.03. The number of hydrogen-bond donors (Lipinski definition) is 2. The van der Waals surface area contributed by atoms with Crippen LogP contribution in [0.5, 0.6) is 5.75 Å². The Hall–Kier alpha value is -2.38. The molecule has 0 atom stereocenters. The largest absolute Gasteiger partial charge is 0.435 e. The maximum atomic E-state index is 12.3. The first-order chi connectivity index (χ1) is 13.0. The van der Waals surface area contributed by atoms with E-state index in [1.165, 1.54) is 31.4 Å². The zero-order valence-corrected chi connectivity index (χ0v) is 15.3. The van der Waals surface area contributed by atoms with Crippen molar-refractivity contribution in [1.82, 2.24) is 4.90 Å². The van der Waals surface area contributed by atoms with Crippen LogP contribution in [0.25, 0.3) is 0 Å². The Kier molecular flexibility index (Phi) is 8.29.